The number of carbonyl (C=O) groups is 1. The second kappa shape index (κ2) is 7.53. The second-order valence-electron chi connectivity index (χ2n) is 5.73. The Morgan fingerprint density at radius 3 is 2.80 bits per heavy atom. The number of halogens is 1. The Hall–Kier alpha value is -2.59. The van der Waals surface area contributed by atoms with Crippen LogP contribution < -0.4 is 4.74 Å². The molecule has 5 heteroatoms. The Balaban J connectivity index is 1.87. The van der Waals surface area contributed by atoms with Crippen LogP contribution in [0.3, 0.4) is 0 Å². The summed E-state index contributed by atoms with van der Waals surface area (Å²) in [5, 5.41) is 0.485. The summed E-state index contributed by atoms with van der Waals surface area (Å²) < 4.78 is 11.1. The van der Waals surface area contributed by atoms with Crippen LogP contribution in [-0.2, 0) is 9.53 Å². The van der Waals surface area contributed by atoms with E-state index < -0.39 is 5.97 Å². The van der Waals surface area contributed by atoms with Crippen LogP contribution >= 0.6 is 11.6 Å². The average Bonchev–Trinajstić information content (AvgIpc) is 2.96. The predicted octanol–water partition coefficient (Wildman–Crippen LogP) is 4.86. The minimum Gasteiger partial charge on any atom is -0.491 e. The molecule has 0 saturated heterocycles. The number of rotatable bonds is 5. The molecule has 2 aromatic rings. The van der Waals surface area contributed by atoms with Gasteiger partial charge in [-0.3, -0.25) is 0 Å². The van der Waals surface area contributed by atoms with Gasteiger partial charge < -0.3 is 9.47 Å². The van der Waals surface area contributed by atoms with Gasteiger partial charge in [-0.25, -0.2) is 9.79 Å². The number of hydrogen-bond acceptors (Lipinski definition) is 4. The maximum Gasteiger partial charge on any atom is 0.363 e. The molecule has 0 aliphatic carbocycles. The number of nitrogens with zero attached hydrogens (tertiary/aromatic N) is 1. The summed E-state index contributed by atoms with van der Waals surface area (Å²) in [4.78, 5) is 16.4. The number of esters is 1. The smallest absolute Gasteiger partial charge is 0.363 e. The third-order valence-electron chi connectivity index (χ3n) is 3.80. The van der Waals surface area contributed by atoms with Crippen molar-refractivity contribution in [1.82, 2.24) is 0 Å². The highest BCUT2D eigenvalue weighted by atomic mass is 35.5. The molecule has 1 aliphatic heterocycles. The average molecular weight is 356 g/mol. The molecular formula is C20H18ClNO3. The van der Waals surface area contributed by atoms with E-state index in [1.54, 1.807) is 18.2 Å². The summed E-state index contributed by atoms with van der Waals surface area (Å²) in [5.74, 6) is 0.474. The second-order valence-corrected chi connectivity index (χ2v) is 6.13. The minimum atomic E-state index is -0.497. The molecule has 0 bridgehead atoms. The molecule has 0 spiro atoms. The van der Waals surface area contributed by atoms with Gasteiger partial charge in [-0.1, -0.05) is 42.8 Å². The number of cyclic esters (lactones) is 1. The summed E-state index contributed by atoms with van der Waals surface area (Å²) in [7, 11) is 0. The molecule has 3 rings (SSSR count). The van der Waals surface area contributed by atoms with Crippen molar-refractivity contribution in [3.8, 4) is 5.75 Å². The maximum absolute atomic E-state index is 12.1. The van der Waals surface area contributed by atoms with Gasteiger partial charge in [0.05, 0.1) is 16.7 Å². The number of benzene rings is 2. The molecule has 0 radical (unpaired) electrons. The van der Waals surface area contributed by atoms with Crippen molar-refractivity contribution in [1.29, 1.82) is 0 Å². The Morgan fingerprint density at radius 1 is 1.24 bits per heavy atom. The first kappa shape index (κ1) is 17.2. The van der Waals surface area contributed by atoms with E-state index in [0.717, 1.165) is 17.7 Å². The largest absolute Gasteiger partial charge is 0.491 e. The highest BCUT2D eigenvalue weighted by molar-refractivity contribution is 6.34. The lowest BCUT2D eigenvalue weighted by Gasteiger charge is -2.12. The number of aliphatic imine (C=N–C) groups is 1. The molecule has 1 unspecified atom stereocenters. The molecule has 0 amide bonds. The normalized spacial score (nSPS) is 16.5. The van der Waals surface area contributed by atoms with Crippen molar-refractivity contribution < 1.29 is 14.3 Å². The molecule has 0 N–H and O–H groups in total. The van der Waals surface area contributed by atoms with Crippen molar-refractivity contribution in [3.63, 3.8) is 0 Å². The standard InChI is InChI=1S/C20H18ClNO3/c1-3-13(2)24-15-8-6-7-14(11-15)12-18-20(23)25-19(22-18)16-9-4-5-10-17(16)21/h4-13H,3H2,1-2H3/b18-12-. The van der Waals surface area contributed by atoms with E-state index in [4.69, 9.17) is 21.1 Å². The van der Waals surface area contributed by atoms with E-state index in [1.807, 2.05) is 43.3 Å². The molecule has 2 aromatic carbocycles. The Labute approximate surface area is 151 Å². The molecule has 0 fully saturated rings. The zero-order chi connectivity index (χ0) is 17.8. The molecule has 0 saturated carbocycles. The van der Waals surface area contributed by atoms with Crippen LogP contribution in [0.5, 0.6) is 5.75 Å². The fraction of sp³-hybridized carbons (Fsp3) is 0.200. The number of carbonyl (C=O) groups excluding carboxylic acids is 1. The van der Waals surface area contributed by atoms with E-state index in [1.165, 1.54) is 0 Å². The van der Waals surface area contributed by atoms with E-state index >= 15 is 0 Å². The fourth-order valence-corrected chi connectivity index (χ4v) is 2.53. The van der Waals surface area contributed by atoms with E-state index in [2.05, 4.69) is 11.9 Å². The lowest BCUT2D eigenvalue weighted by atomic mass is 10.2. The molecule has 0 aromatic heterocycles. The Bertz CT molecular complexity index is 858. The molecular weight excluding hydrogens is 338 g/mol. The Morgan fingerprint density at radius 2 is 2.04 bits per heavy atom. The quantitative estimate of drug-likeness (QED) is 0.568. The summed E-state index contributed by atoms with van der Waals surface area (Å²) in [5.41, 5.74) is 1.64. The summed E-state index contributed by atoms with van der Waals surface area (Å²) in [6.07, 6.45) is 2.72. The van der Waals surface area contributed by atoms with Crippen molar-refractivity contribution in [2.75, 3.05) is 0 Å². The van der Waals surface area contributed by atoms with Crippen molar-refractivity contribution in [3.05, 3.63) is 70.4 Å². The van der Waals surface area contributed by atoms with Gasteiger partial charge in [0.25, 0.3) is 0 Å². The maximum atomic E-state index is 12.1. The topological polar surface area (TPSA) is 47.9 Å². The molecule has 128 valence electrons. The zero-order valence-corrected chi connectivity index (χ0v) is 14.8. The minimum absolute atomic E-state index is 0.129. The number of ether oxygens (including phenoxy) is 2. The predicted molar refractivity (Wildman–Crippen MR) is 98.9 cm³/mol. The highest BCUT2D eigenvalue weighted by Crippen LogP contribution is 2.24. The fourth-order valence-electron chi connectivity index (χ4n) is 2.31. The van der Waals surface area contributed by atoms with Crippen LogP contribution in [0.25, 0.3) is 6.08 Å². The van der Waals surface area contributed by atoms with Crippen molar-refractivity contribution in [2.24, 2.45) is 4.99 Å². The Kier molecular flexibility index (Phi) is 5.19. The molecule has 4 nitrogen and oxygen atoms in total. The SMILES string of the molecule is CCC(C)Oc1cccc(/C=C2\N=C(c3ccccc3Cl)OC2=O)c1. The van der Waals surface area contributed by atoms with E-state index in [9.17, 15) is 4.79 Å². The molecule has 1 atom stereocenters. The van der Waals surface area contributed by atoms with Crippen molar-refractivity contribution >= 4 is 29.5 Å². The summed E-state index contributed by atoms with van der Waals surface area (Å²) in [6.45, 7) is 4.08. The third-order valence-corrected chi connectivity index (χ3v) is 4.13. The summed E-state index contributed by atoms with van der Waals surface area (Å²) >= 11 is 6.13. The van der Waals surface area contributed by atoms with Gasteiger partial charge >= 0.3 is 5.97 Å². The van der Waals surface area contributed by atoms with Crippen LogP contribution in [0, 0.1) is 0 Å². The first-order valence-corrected chi connectivity index (χ1v) is 8.49. The first-order chi connectivity index (χ1) is 12.1. The van der Waals surface area contributed by atoms with Gasteiger partial charge in [0.15, 0.2) is 5.70 Å². The van der Waals surface area contributed by atoms with Gasteiger partial charge in [0.2, 0.25) is 5.90 Å². The molecule has 25 heavy (non-hydrogen) atoms. The van der Waals surface area contributed by atoms with E-state index in [-0.39, 0.29) is 17.7 Å². The summed E-state index contributed by atoms with van der Waals surface area (Å²) in [6, 6.07) is 14.6. The monoisotopic (exact) mass is 355 g/mol. The van der Waals surface area contributed by atoms with E-state index in [0.29, 0.717) is 10.6 Å². The van der Waals surface area contributed by atoms with Crippen LogP contribution in [-0.4, -0.2) is 18.0 Å². The van der Waals surface area contributed by atoms with Crippen LogP contribution in [0.4, 0.5) is 0 Å². The van der Waals surface area contributed by atoms with Gasteiger partial charge in [-0.2, -0.15) is 0 Å². The van der Waals surface area contributed by atoms with Crippen molar-refractivity contribution in [2.45, 2.75) is 26.4 Å². The number of hydrogen-bond donors (Lipinski definition) is 0. The van der Waals surface area contributed by atoms with Gasteiger partial charge in [0, 0.05) is 0 Å². The van der Waals surface area contributed by atoms with Crippen LogP contribution in [0.15, 0.2) is 59.2 Å². The van der Waals surface area contributed by atoms with Crippen LogP contribution in [0.2, 0.25) is 5.02 Å². The lowest BCUT2D eigenvalue weighted by Crippen LogP contribution is -2.09. The van der Waals surface area contributed by atoms with Gasteiger partial charge in [-0.05, 0) is 49.2 Å². The zero-order valence-electron chi connectivity index (χ0n) is 14.0. The van der Waals surface area contributed by atoms with Gasteiger partial charge in [-0.15, -0.1) is 0 Å². The van der Waals surface area contributed by atoms with Crippen LogP contribution in [0.1, 0.15) is 31.4 Å². The lowest BCUT2D eigenvalue weighted by molar-refractivity contribution is -0.129. The highest BCUT2D eigenvalue weighted by Gasteiger charge is 2.25. The third kappa shape index (κ3) is 4.09. The molecule has 1 aliphatic rings. The van der Waals surface area contributed by atoms with Gasteiger partial charge in [0.1, 0.15) is 5.75 Å². The first-order valence-electron chi connectivity index (χ1n) is 8.11. The molecule has 1 heterocycles.